The summed E-state index contributed by atoms with van der Waals surface area (Å²) in [6.07, 6.45) is 0.874. The lowest BCUT2D eigenvalue weighted by Crippen LogP contribution is -2.17. The Morgan fingerprint density at radius 3 is 2.92 bits per heavy atom. The maximum Gasteiger partial charge on any atom is 0.227 e. The Morgan fingerprint density at radius 2 is 2.31 bits per heavy atom. The third-order valence-corrected chi connectivity index (χ3v) is 2.53. The summed E-state index contributed by atoms with van der Waals surface area (Å²) in [6.45, 7) is 0.774. The van der Waals surface area contributed by atoms with Gasteiger partial charge in [0.25, 0.3) is 0 Å². The van der Waals surface area contributed by atoms with Crippen LogP contribution in [0.1, 0.15) is 17.9 Å². The van der Waals surface area contributed by atoms with E-state index in [1.807, 2.05) is 24.3 Å². The SMILES string of the molecule is O=C1NCCC1c1cccc(Cl)c1. The molecule has 1 unspecified atom stereocenters. The van der Waals surface area contributed by atoms with Crippen LogP contribution >= 0.6 is 11.6 Å². The van der Waals surface area contributed by atoms with Gasteiger partial charge in [-0.3, -0.25) is 4.79 Å². The smallest absolute Gasteiger partial charge is 0.227 e. The second kappa shape index (κ2) is 3.38. The summed E-state index contributed by atoms with van der Waals surface area (Å²) in [5, 5.41) is 3.50. The van der Waals surface area contributed by atoms with Crippen LogP contribution in [0, 0.1) is 0 Å². The summed E-state index contributed by atoms with van der Waals surface area (Å²) in [7, 11) is 0. The molecule has 2 nitrogen and oxygen atoms in total. The van der Waals surface area contributed by atoms with Gasteiger partial charge in [-0.1, -0.05) is 23.7 Å². The zero-order valence-electron chi connectivity index (χ0n) is 7.09. The number of hydrogen-bond donors (Lipinski definition) is 1. The van der Waals surface area contributed by atoms with Gasteiger partial charge in [-0.2, -0.15) is 0 Å². The topological polar surface area (TPSA) is 29.1 Å². The molecule has 0 saturated carbocycles. The number of rotatable bonds is 1. The van der Waals surface area contributed by atoms with Crippen LogP contribution in [0.4, 0.5) is 0 Å². The van der Waals surface area contributed by atoms with Gasteiger partial charge in [0.15, 0.2) is 0 Å². The molecule has 0 spiro atoms. The van der Waals surface area contributed by atoms with Gasteiger partial charge in [0.2, 0.25) is 5.91 Å². The summed E-state index contributed by atoms with van der Waals surface area (Å²) < 4.78 is 0. The number of benzene rings is 1. The highest BCUT2D eigenvalue weighted by Gasteiger charge is 2.25. The minimum absolute atomic E-state index is 0.00120. The fourth-order valence-corrected chi connectivity index (χ4v) is 1.83. The molecule has 3 heteroatoms. The summed E-state index contributed by atoms with van der Waals surface area (Å²) >= 11 is 5.84. The summed E-state index contributed by atoms with van der Waals surface area (Å²) in [5.74, 6) is 0.112. The molecule has 1 saturated heterocycles. The van der Waals surface area contributed by atoms with Crippen molar-refractivity contribution in [2.24, 2.45) is 0 Å². The van der Waals surface area contributed by atoms with Gasteiger partial charge in [0.1, 0.15) is 0 Å². The van der Waals surface area contributed by atoms with Crippen molar-refractivity contribution in [2.75, 3.05) is 6.54 Å². The minimum atomic E-state index is -0.00120. The van der Waals surface area contributed by atoms with Gasteiger partial charge < -0.3 is 5.32 Å². The Kier molecular flexibility index (Phi) is 2.23. The Balaban J connectivity index is 2.29. The molecule has 1 aromatic rings. The Hall–Kier alpha value is -1.02. The van der Waals surface area contributed by atoms with Crippen LogP contribution in [-0.4, -0.2) is 12.5 Å². The standard InChI is InChI=1S/C10H10ClNO/c11-8-3-1-2-7(6-8)9-4-5-12-10(9)13/h1-3,6,9H,4-5H2,(H,12,13). The number of halogens is 1. The van der Waals surface area contributed by atoms with E-state index in [0.29, 0.717) is 5.02 Å². The molecule has 0 aromatic heterocycles. The highest BCUT2D eigenvalue weighted by molar-refractivity contribution is 6.30. The van der Waals surface area contributed by atoms with Gasteiger partial charge >= 0.3 is 0 Å². The molecule has 1 fully saturated rings. The van der Waals surface area contributed by atoms with Crippen molar-refractivity contribution in [1.82, 2.24) is 5.32 Å². The van der Waals surface area contributed by atoms with Crippen molar-refractivity contribution in [3.8, 4) is 0 Å². The largest absolute Gasteiger partial charge is 0.356 e. The van der Waals surface area contributed by atoms with Gasteiger partial charge in [-0.25, -0.2) is 0 Å². The lowest BCUT2D eigenvalue weighted by Gasteiger charge is -2.06. The van der Waals surface area contributed by atoms with E-state index in [4.69, 9.17) is 11.6 Å². The van der Waals surface area contributed by atoms with Gasteiger partial charge in [-0.05, 0) is 24.1 Å². The van der Waals surface area contributed by atoms with E-state index in [0.717, 1.165) is 18.5 Å². The molecule has 1 aromatic carbocycles. The van der Waals surface area contributed by atoms with Crippen LogP contribution in [0.2, 0.25) is 5.02 Å². The lowest BCUT2D eigenvalue weighted by atomic mass is 9.98. The fraction of sp³-hybridized carbons (Fsp3) is 0.300. The molecule has 1 N–H and O–H groups in total. The molecule has 1 amide bonds. The first-order valence-corrected chi connectivity index (χ1v) is 4.68. The van der Waals surface area contributed by atoms with Crippen LogP contribution in [0.15, 0.2) is 24.3 Å². The first kappa shape index (κ1) is 8.57. The third-order valence-electron chi connectivity index (χ3n) is 2.30. The monoisotopic (exact) mass is 195 g/mol. The zero-order chi connectivity index (χ0) is 9.26. The van der Waals surface area contributed by atoms with Crippen LogP contribution in [0.3, 0.4) is 0 Å². The van der Waals surface area contributed by atoms with Gasteiger partial charge in [0, 0.05) is 11.6 Å². The number of carbonyl (C=O) groups is 1. The van der Waals surface area contributed by atoms with Crippen molar-refractivity contribution in [1.29, 1.82) is 0 Å². The van der Waals surface area contributed by atoms with E-state index in [-0.39, 0.29) is 11.8 Å². The lowest BCUT2D eigenvalue weighted by molar-refractivity contribution is -0.120. The van der Waals surface area contributed by atoms with Crippen LogP contribution in [0.5, 0.6) is 0 Å². The molecule has 0 radical (unpaired) electrons. The normalized spacial score (nSPS) is 21.6. The van der Waals surface area contributed by atoms with Crippen LogP contribution in [-0.2, 0) is 4.79 Å². The number of nitrogens with one attached hydrogen (secondary N) is 1. The maximum absolute atomic E-state index is 11.3. The van der Waals surface area contributed by atoms with E-state index in [2.05, 4.69) is 5.32 Å². The number of amides is 1. The molecule has 1 atom stereocenters. The Bertz CT molecular complexity index is 337. The molecular weight excluding hydrogens is 186 g/mol. The molecule has 1 aliphatic rings. The molecule has 1 aliphatic heterocycles. The van der Waals surface area contributed by atoms with Crippen molar-refractivity contribution < 1.29 is 4.79 Å². The average Bonchev–Trinajstić information content (AvgIpc) is 2.51. The van der Waals surface area contributed by atoms with Crippen LogP contribution < -0.4 is 5.32 Å². The molecular formula is C10H10ClNO. The highest BCUT2D eigenvalue weighted by atomic mass is 35.5. The maximum atomic E-state index is 11.3. The summed E-state index contributed by atoms with van der Waals surface area (Å²) in [4.78, 5) is 11.3. The van der Waals surface area contributed by atoms with Crippen LogP contribution in [0.25, 0.3) is 0 Å². The highest BCUT2D eigenvalue weighted by Crippen LogP contribution is 2.25. The van der Waals surface area contributed by atoms with E-state index in [9.17, 15) is 4.79 Å². The molecule has 13 heavy (non-hydrogen) atoms. The van der Waals surface area contributed by atoms with Gasteiger partial charge in [-0.15, -0.1) is 0 Å². The third kappa shape index (κ3) is 1.68. The van der Waals surface area contributed by atoms with Crippen molar-refractivity contribution in [3.63, 3.8) is 0 Å². The summed E-state index contributed by atoms with van der Waals surface area (Å²) in [6, 6.07) is 7.50. The predicted octanol–water partition coefficient (Wildman–Crippen LogP) is 1.94. The average molecular weight is 196 g/mol. The predicted molar refractivity (Wildman–Crippen MR) is 51.8 cm³/mol. The molecule has 2 rings (SSSR count). The quantitative estimate of drug-likeness (QED) is 0.729. The van der Waals surface area contributed by atoms with E-state index >= 15 is 0 Å². The molecule has 68 valence electrons. The molecule has 0 aliphatic carbocycles. The second-order valence-corrected chi connectivity index (χ2v) is 3.62. The van der Waals surface area contributed by atoms with Crippen molar-refractivity contribution >= 4 is 17.5 Å². The van der Waals surface area contributed by atoms with E-state index < -0.39 is 0 Å². The second-order valence-electron chi connectivity index (χ2n) is 3.19. The van der Waals surface area contributed by atoms with E-state index in [1.165, 1.54) is 0 Å². The van der Waals surface area contributed by atoms with E-state index in [1.54, 1.807) is 0 Å². The number of hydrogen-bond acceptors (Lipinski definition) is 1. The van der Waals surface area contributed by atoms with Crippen molar-refractivity contribution in [3.05, 3.63) is 34.9 Å². The summed E-state index contributed by atoms with van der Waals surface area (Å²) in [5.41, 5.74) is 1.02. The molecule has 0 bridgehead atoms. The minimum Gasteiger partial charge on any atom is -0.356 e. The Morgan fingerprint density at radius 1 is 1.46 bits per heavy atom. The number of carbonyl (C=O) groups excluding carboxylic acids is 1. The zero-order valence-corrected chi connectivity index (χ0v) is 7.84. The first-order chi connectivity index (χ1) is 6.27. The van der Waals surface area contributed by atoms with Crippen molar-refractivity contribution in [2.45, 2.75) is 12.3 Å². The fourth-order valence-electron chi connectivity index (χ4n) is 1.64. The first-order valence-electron chi connectivity index (χ1n) is 4.30. The van der Waals surface area contributed by atoms with Gasteiger partial charge in [0.05, 0.1) is 5.92 Å². The molecule has 1 heterocycles. The Labute approximate surface area is 81.9 Å².